The topological polar surface area (TPSA) is 98.2 Å². The van der Waals surface area contributed by atoms with Crippen LogP contribution < -0.4 is 5.14 Å². The molecule has 6 nitrogen and oxygen atoms in total. The Morgan fingerprint density at radius 3 is 2.61 bits per heavy atom. The van der Waals surface area contributed by atoms with Crippen molar-refractivity contribution in [2.45, 2.75) is 37.7 Å². The minimum absolute atomic E-state index is 0.0763. The zero-order chi connectivity index (χ0) is 23.8. The van der Waals surface area contributed by atoms with Crippen molar-refractivity contribution >= 4 is 16.1 Å². The first kappa shape index (κ1) is 22.9. The molecule has 1 aliphatic carbocycles. The second kappa shape index (κ2) is 8.60. The molecule has 3 N–H and O–H groups in total. The molecule has 3 aromatic rings. The molecule has 33 heavy (non-hydrogen) atoms. The quantitative estimate of drug-likeness (QED) is 0.577. The lowest BCUT2D eigenvalue weighted by atomic mass is 9.68. The molecule has 0 aliphatic heterocycles. The van der Waals surface area contributed by atoms with Gasteiger partial charge in [0.2, 0.25) is 10.0 Å². The molecular weight excluding hydrogens is 441 g/mol. The van der Waals surface area contributed by atoms with Crippen molar-refractivity contribution < 1.29 is 17.9 Å². The van der Waals surface area contributed by atoms with E-state index in [1.54, 1.807) is 41.2 Å². The molecule has 1 aromatic heterocycles. The lowest BCUT2D eigenvalue weighted by molar-refractivity contribution is 0.109. The number of aliphatic hydroxyl groups is 1. The van der Waals surface area contributed by atoms with E-state index in [1.165, 1.54) is 18.2 Å². The molecule has 0 bridgehead atoms. The van der Waals surface area contributed by atoms with Crippen LogP contribution in [0.15, 0.2) is 65.2 Å². The third kappa shape index (κ3) is 4.35. The summed E-state index contributed by atoms with van der Waals surface area (Å²) in [6.45, 7) is 3.94. The average Bonchev–Trinajstić information content (AvgIpc) is 3.19. The van der Waals surface area contributed by atoms with Crippen molar-refractivity contribution in [1.82, 2.24) is 9.78 Å². The third-order valence-corrected chi connectivity index (χ3v) is 7.05. The van der Waals surface area contributed by atoms with Crippen LogP contribution in [0.4, 0.5) is 4.39 Å². The second-order valence-electron chi connectivity index (χ2n) is 8.27. The van der Waals surface area contributed by atoms with Gasteiger partial charge in [-0.15, -0.1) is 0 Å². The molecule has 0 spiro atoms. The Morgan fingerprint density at radius 2 is 1.94 bits per heavy atom. The smallest absolute Gasteiger partial charge is 0.239 e. The van der Waals surface area contributed by atoms with E-state index in [4.69, 9.17) is 5.14 Å². The van der Waals surface area contributed by atoms with E-state index in [2.05, 4.69) is 16.9 Å². The van der Waals surface area contributed by atoms with Crippen LogP contribution in [0.25, 0.3) is 11.8 Å². The second-order valence-corrected chi connectivity index (χ2v) is 9.80. The first-order valence-corrected chi connectivity index (χ1v) is 12.0. The van der Waals surface area contributed by atoms with Crippen molar-refractivity contribution in [2.75, 3.05) is 0 Å². The molecule has 0 saturated heterocycles. The van der Waals surface area contributed by atoms with Crippen LogP contribution in [-0.2, 0) is 16.4 Å². The number of benzene rings is 2. The van der Waals surface area contributed by atoms with Gasteiger partial charge in [0.15, 0.2) is 0 Å². The van der Waals surface area contributed by atoms with Gasteiger partial charge in [0.05, 0.1) is 22.5 Å². The molecule has 0 saturated carbocycles. The van der Waals surface area contributed by atoms with Crippen molar-refractivity contribution in [3.63, 3.8) is 0 Å². The minimum Gasteiger partial charge on any atom is -0.379 e. The van der Waals surface area contributed by atoms with Crippen LogP contribution in [-0.4, -0.2) is 29.4 Å². The molecule has 1 heterocycles. The maximum Gasteiger partial charge on any atom is 0.239 e. The molecule has 170 valence electrons. The summed E-state index contributed by atoms with van der Waals surface area (Å²) in [6.07, 6.45) is 3.86. The van der Waals surface area contributed by atoms with Gasteiger partial charge in [-0.3, -0.25) is 0 Å². The fourth-order valence-corrected chi connectivity index (χ4v) is 4.90. The number of nitrogens with two attached hydrogens (primary N) is 1. The molecule has 2 aromatic carbocycles. The summed E-state index contributed by atoms with van der Waals surface area (Å²) in [5.41, 5.74) is 3.10. The normalized spacial score (nSPS) is 18.6. The number of sulfonamides is 1. The van der Waals surface area contributed by atoms with Gasteiger partial charge in [-0.05, 0) is 60.9 Å². The SMILES string of the molecule is CCC1=Cc2c(cnn2-c2ccc(F)cc2)CC1(C)[C@@H](O)C#Cc1ccccc1S(N)(=O)=O. The number of rotatable bonds is 4. The predicted molar refractivity (Wildman–Crippen MR) is 124 cm³/mol. The number of nitrogens with zero attached hydrogens (tertiary/aromatic N) is 2. The molecular formula is C25H24FN3O3S. The van der Waals surface area contributed by atoms with Gasteiger partial charge in [0, 0.05) is 11.0 Å². The predicted octanol–water partition coefficient (Wildman–Crippen LogP) is 3.43. The molecule has 1 unspecified atom stereocenters. The Hall–Kier alpha value is -3.25. The van der Waals surface area contributed by atoms with E-state index in [9.17, 15) is 17.9 Å². The van der Waals surface area contributed by atoms with E-state index in [0.29, 0.717) is 12.8 Å². The van der Waals surface area contributed by atoms with Crippen molar-refractivity contribution in [2.24, 2.45) is 10.6 Å². The number of hydrogen-bond acceptors (Lipinski definition) is 4. The van der Waals surface area contributed by atoms with E-state index >= 15 is 0 Å². The maximum atomic E-state index is 13.3. The third-order valence-electron chi connectivity index (χ3n) is 6.08. The first-order chi connectivity index (χ1) is 15.6. The Balaban J connectivity index is 1.70. The van der Waals surface area contributed by atoms with Gasteiger partial charge in [0.1, 0.15) is 11.9 Å². The number of aliphatic hydroxyl groups excluding tert-OH is 1. The van der Waals surface area contributed by atoms with Crippen LogP contribution in [0.2, 0.25) is 0 Å². The van der Waals surface area contributed by atoms with E-state index in [1.807, 2.05) is 19.9 Å². The standard InChI is InChI=1S/C25H24FN3O3S/c1-3-19-14-22-18(16-28-29(22)21-11-9-20(26)10-12-21)15-25(19,2)24(30)13-8-17-6-4-5-7-23(17)33(27,31)32/h4-7,9-12,14,16,24,30H,3,15H2,1-2H3,(H2,27,31,32)/t24-,25?/m0/s1. The summed E-state index contributed by atoms with van der Waals surface area (Å²) < 4.78 is 38.8. The molecule has 8 heteroatoms. The highest BCUT2D eigenvalue weighted by Crippen LogP contribution is 2.43. The monoisotopic (exact) mass is 465 g/mol. The van der Waals surface area contributed by atoms with Gasteiger partial charge < -0.3 is 5.11 Å². The lowest BCUT2D eigenvalue weighted by Crippen LogP contribution is -2.37. The van der Waals surface area contributed by atoms with Gasteiger partial charge >= 0.3 is 0 Å². The van der Waals surface area contributed by atoms with Crippen LogP contribution >= 0.6 is 0 Å². The molecule has 0 amide bonds. The number of hydrogen-bond donors (Lipinski definition) is 2. The largest absolute Gasteiger partial charge is 0.379 e. The molecule has 2 atom stereocenters. The van der Waals surface area contributed by atoms with Gasteiger partial charge in [-0.1, -0.05) is 43.4 Å². The first-order valence-electron chi connectivity index (χ1n) is 10.5. The number of halogens is 1. The molecule has 4 rings (SSSR count). The number of fused-ring (bicyclic) bond motifs is 1. The zero-order valence-corrected chi connectivity index (χ0v) is 19.1. The highest BCUT2D eigenvalue weighted by Gasteiger charge is 2.39. The summed E-state index contributed by atoms with van der Waals surface area (Å²) in [5, 5.41) is 20.9. The van der Waals surface area contributed by atoms with E-state index in [-0.39, 0.29) is 16.3 Å². The average molecular weight is 466 g/mol. The van der Waals surface area contributed by atoms with Crippen LogP contribution in [0.1, 0.15) is 37.1 Å². The molecule has 0 fully saturated rings. The Bertz CT molecular complexity index is 1400. The Kier molecular flexibility index (Phi) is 5.97. The number of aromatic nitrogens is 2. The fraction of sp³-hybridized carbons (Fsp3) is 0.240. The Labute approximate surface area is 192 Å². The summed E-state index contributed by atoms with van der Waals surface area (Å²) in [4.78, 5) is -0.0763. The van der Waals surface area contributed by atoms with E-state index in [0.717, 1.165) is 22.5 Å². The van der Waals surface area contributed by atoms with Crippen molar-refractivity contribution in [3.05, 3.63) is 82.9 Å². The van der Waals surface area contributed by atoms with Crippen LogP contribution in [0.3, 0.4) is 0 Å². The molecule has 1 aliphatic rings. The summed E-state index contributed by atoms with van der Waals surface area (Å²) in [7, 11) is -3.93. The van der Waals surface area contributed by atoms with Crippen molar-refractivity contribution in [1.29, 1.82) is 0 Å². The van der Waals surface area contributed by atoms with Crippen LogP contribution in [0, 0.1) is 23.1 Å². The van der Waals surface area contributed by atoms with Gasteiger partial charge in [0.25, 0.3) is 0 Å². The maximum absolute atomic E-state index is 13.3. The fourth-order valence-electron chi connectivity index (χ4n) is 4.21. The summed E-state index contributed by atoms with van der Waals surface area (Å²) in [6, 6.07) is 12.3. The van der Waals surface area contributed by atoms with Gasteiger partial charge in [-0.25, -0.2) is 22.6 Å². The van der Waals surface area contributed by atoms with Crippen molar-refractivity contribution in [3.8, 4) is 17.5 Å². The Morgan fingerprint density at radius 1 is 1.24 bits per heavy atom. The van der Waals surface area contributed by atoms with Crippen LogP contribution in [0.5, 0.6) is 0 Å². The number of primary sulfonamides is 1. The minimum atomic E-state index is -3.93. The highest BCUT2D eigenvalue weighted by atomic mass is 32.2. The highest BCUT2D eigenvalue weighted by molar-refractivity contribution is 7.89. The van der Waals surface area contributed by atoms with Gasteiger partial charge in [-0.2, -0.15) is 5.10 Å². The molecule has 0 radical (unpaired) electrons. The van der Waals surface area contributed by atoms with E-state index < -0.39 is 21.5 Å². The zero-order valence-electron chi connectivity index (χ0n) is 18.3. The summed E-state index contributed by atoms with van der Waals surface area (Å²) in [5.74, 6) is 5.32. The summed E-state index contributed by atoms with van der Waals surface area (Å²) >= 11 is 0. The lowest BCUT2D eigenvalue weighted by Gasteiger charge is -2.37.